The van der Waals surface area contributed by atoms with Crippen LogP contribution in [0.1, 0.15) is 5.56 Å². The fourth-order valence-electron chi connectivity index (χ4n) is 1.78. The Morgan fingerprint density at radius 2 is 2.05 bits per heavy atom. The van der Waals surface area contributed by atoms with E-state index in [9.17, 15) is 10.1 Å². The zero-order valence-corrected chi connectivity index (χ0v) is 12.0. The Hall–Kier alpha value is -2.67. The van der Waals surface area contributed by atoms with E-state index in [2.05, 4.69) is 5.32 Å². The number of ether oxygens (including phenoxy) is 1. The van der Waals surface area contributed by atoms with Crippen molar-refractivity contribution in [3.05, 3.63) is 58.1 Å². The summed E-state index contributed by atoms with van der Waals surface area (Å²) in [7, 11) is 0. The summed E-state index contributed by atoms with van der Waals surface area (Å²) >= 11 is 4.73. The van der Waals surface area contributed by atoms with Crippen LogP contribution in [0.15, 0.2) is 42.5 Å². The molecule has 2 aromatic carbocycles. The molecule has 108 valence electrons. The maximum Gasteiger partial charge on any atom is 0.275 e. The van der Waals surface area contributed by atoms with Crippen LogP contribution in [-0.2, 0) is 0 Å². The predicted octanol–water partition coefficient (Wildman–Crippen LogP) is 3.35. The molecule has 0 unspecified atom stereocenters. The largest absolute Gasteiger partial charge is 0.457 e. The summed E-state index contributed by atoms with van der Waals surface area (Å²) in [6.07, 6.45) is 0. The SMILES string of the molecule is Cc1cccc(Oc2cc(NC(N)=S)cc([N+](=O)[O-])c2)c1. The Kier molecular flexibility index (Phi) is 4.34. The maximum absolute atomic E-state index is 11.0. The van der Waals surface area contributed by atoms with Gasteiger partial charge in [0.25, 0.3) is 5.69 Å². The summed E-state index contributed by atoms with van der Waals surface area (Å²) in [4.78, 5) is 10.4. The fourth-order valence-corrected chi connectivity index (χ4v) is 1.89. The van der Waals surface area contributed by atoms with Gasteiger partial charge in [-0.25, -0.2) is 0 Å². The van der Waals surface area contributed by atoms with E-state index in [1.54, 1.807) is 12.1 Å². The molecular weight excluding hydrogens is 290 g/mol. The first kappa shape index (κ1) is 14.7. The number of rotatable bonds is 4. The third-order valence-corrected chi connectivity index (χ3v) is 2.70. The summed E-state index contributed by atoms with van der Waals surface area (Å²) in [6, 6.07) is 11.6. The molecule has 0 heterocycles. The molecule has 0 spiro atoms. The molecular formula is C14H13N3O3S. The van der Waals surface area contributed by atoms with Crippen molar-refractivity contribution in [1.29, 1.82) is 0 Å². The van der Waals surface area contributed by atoms with Gasteiger partial charge in [-0.2, -0.15) is 0 Å². The number of nitro benzene ring substituents is 1. The van der Waals surface area contributed by atoms with Gasteiger partial charge in [0.05, 0.1) is 16.7 Å². The fraction of sp³-hybridized carbons (Fsp3) is 0.0714. The van der Waals surface area contributed by atoms with Gasteiger partial charge in [-0.05, 0) is 36.8 Å². The van der Waals surface area contributed by atoms with E-state index in [0.717, 1.165) is 5.56 Å². The lowest BCUT2D eigenvalue weighted by Gasteiger charge is -2.09. The molecule has 0 aliphatic carbocycles. The van der Waals surface area contributed by atoms with Crippen LogP contribution in [0.3, 0.4) is 0 Å². The van der Waals surface area contributed by atoms with Gasteiger partial charge in [0, 0.05) is 12.1 Å². The van der Waals surface area contributed by atoms with E-state index in [0.29, 0.717) is 17.2 Å². The summed E-state index contributed by atoms with van der Waals surface area (Å²) in [5, 5.41) is 13.6. The number of anilines is 1. The molecule has 0 amide bonds. The standard InChI is InChI=1S/C14H13N3O3S/c1-9-3-2-4-12(5-9)20-13-7-10(16-14(15)21)6-11(8-13)17(18)19/h2-8H,1H3,(H3,15,16,21). The first-order chi connectivity index (χ1) is 9.94. The number of nitro groups is 1. The quantitative estimate of drug-likeness (QED) is 0.511. The number of benzene rings is 2. The second kappa shape index (κ2) is 6.19. The topological polar surface area (TPSA) is 90.4 Å². The highest BCUT2D eigenvalue weighted by molar-refractivity contribution is 7.80. The number of aryl methyl sites for hydroxylation is 1. The number of hydrogen-bond donors (Lipinski definition) is 2. The molecule has 0 radical (unpaired) electrons. The molecule has 0 aliphatic heterocycles. The molecule has 21 heavy (non-hydrogen) atoms. The van der Waals surface area contributed by atoms with Gasteiger partial charge >= 0.3 is 0 Å². The summed E-state index contributed by atoms with van der Waals surface area (Å²) in [5.41, 5.74) is 6.70. The van der Waals surface area contributed by atoms with Crippen molar-refractivity contribution in [2.45, 2.75) is 6.92 Å². The smallest absolute Gasteiger partial charge is 0.275 e. The molecule has 0 aromatic heterocycles. The maximum atomic E-state index is 11.0. The monoisotopic (exact) mass is 303 g/mol. The molecule has 6 nitrogen and oxygen atoms in total. The van der Waals surface area contributed by atoms with Gasteiger partial charge in [0.15, 0.2) is 5.11 Å². The number of non-ortho nitro benzene ring substituents is 1. The van der Waals surface area contributed by atoms with Crippen LogP contribution < -0.4 is 15.8 Å². The zero-order chi connectivity index (χ0) is 15.4. The van der Waals surface area contributed by atoms with Gasteiger partial charge in [-0.15, -0.1) is 0 Å². The van der Waals surface area contributed by atoms with E-state index in [1.807, 2.05) is 25.1 Å². The molecule has 0 saturated heterocycles. The van der Waals surface area contributed by atoms with Crippen molar-refractivity contribution >= 4 is 28.7 Å². The van der Waals surface area contributed by atoms with Gasteiger partial charge < -0.3 is 15.8 Å². The van der Waals surface area contributed by atoms with Gasteiger partial charge in [0.1, 0.15) is 11.5 Å². The average Bonchev–Trinajstić information content (AvgIpc) is 2.37. The van der Waals surface area contributed by atoms with E-state index in [4.69, 9.17) is 22.7 Å². The van der Waals surface area contributed by atoms with Gasteiger partial charge in [0.2, 0.25) is 0 Å². The van der Waals surface area contributed by atoms with Gasteiger partial charge in [-0.3, -0.25) is 10.1 Å². The second-order valence-corrected chi connectivity index (χ2v) is 4.82. The van der Waals surface area contributed by atoms with Crippen molar-refractivity contribution in [3.63, 3.8) is 0 Å². The van der Waals surface area contributed by atoms with Gasteiger partial charge in [-0.1, -0.05) is 12.1 Å². The lowest BCUT2D eigenvalue weighted by Crippen LogP contribution is -2.18. The Morgan fingerprint density at radius 1 is 1.29 bits per heavy atom. The normalized spacial score (nSPS) is 9.95. The highest BCUT2D eigenvalue weighted by atomic mass is 32.1. The Labute approximate surface area is 126 Å². The van der Waals surface area contributed by atoms with E-state index < -0.39 is 4.92 Å². The third-order valence-electron chi connectivity index (χ3n) is 2.59. The molecule has 7 heteroatoms. The van der Waals surface area contributed by atoms with Crippen LogP contribution in [0.4, 0.5) is 11.4 Å². The van der Waals surface area contributed by atoms with Crippen LogP contribution in [-0.4, -0.2) is 10.0 Å². The highest BCUT2D eigenvalue weighted by Gasteiger charge is 2.11. The van der Waals surface area contributed by atoms with E-state index >= 15 is 0 Å². The lowest BCUT2D eigenvalue weighted by molar-refractivity contribution is -0.384. The van der Waals surface area contributed by atoms with Crippen molar-refractivity contribution in [1.82, 2.24) is 0 Å². The molecule has 0 aliphatic rings. The summed E-state index contributed by atoms with van der Waals surface area (Å²) in [5.74, 6) is 0.922. The van der Waals surface area contributed by atoms with Crippen LogP contribution in [0.5, 0.6) is 11.5 Å². The minimum atomic E-state index is -0.506. The van der Waals surface area contributed by atoms with Crippen molar-refractivity contribution in [2.24, 2.45) is 5.73 Å². The average molecular weight is 303 g/mol. The van der Waals surface area contributed by atoms with Crippen molar-refractivity contribution < 1.29 is 9.66 Å². The zero-order valence-electron chi connectivity index (χ0n) is 11.2. The number of nitrogens with zero attached hydrogens (tertiary/aromatic N) is 1. The van der Waals surface area contributed by atoms with Crippen molar-refractivity contribution in [3.8, 4) is 11.5 Å². The predicted molar refractivity (Wildman–Crippen MR) is 84.8 cm³/mol. The molecule has 0 saturated carbocycles. The van der Waals surface area contributed by atoms with Crippen LogP contribution in [0.25, 0.3) is 0 Å². The van der Waals surface area contributed by atoms with Crippen LogP contribution in [0, 0.1) is 17.0 Å². The first-order valence-electron chi connectivity index (χ1n) is 6.04. The molecule has 0 bridgehead atoms. The Morgan fingerprint density at radius 3 is 2.67 bits per heavy atom. The molecule has 2 rings (SSSR count). The van der Waals surface area contributed by atoms with E-state index in [-0.39, 0.29) is 10.8 Å². The minimum Gasteiger partial charge on any atom is -0.457 e. The summed E-state index contributed by atoms with van der Waals surface area (Å²) < 4.78 is 5.64. The molecule has 0 atom stereocenters. The Bertz CT molecular complexity index is 704. The van der Waals surface area contributed by atoms with Crippen LogP contribution >= 0.6 is 12.2 Å². The lowest BCUT2D eigenvalue weighted by atomic mass is 10.2. The molecule has 3 N–H and O–H groups in total. The molecule has 2 aromatic rings. The summed E-state index contributed by atoms with van der Waals surface area (Å²) in [6.45, 7) is 1.93. The third kappa shape index (κ3) is 4.15. The second-order valence-electron chi connectivity index (χ2n) is 4.38. The minimum absolute atomic E-state index is 0.0250. The van der Waals surface area contributed by atoms with Crippen LogP contribution in [0.2, 0.25) is 0 Å². The van der Waals surface area contributed by atoms with E-state index in [1.165, 1.54) is 12.1 Å². The number of thiocarbonyl (C=S) groups is 1. The highest BCUT2D eigenvalue weighted by Crippen LogP contribution is 2.29. The number of hydrogen-bond acceptors (Lipinski definition) is 4. The molecule has 0 fully saturated rings. The number of nitrogens with two attached hydrogens (primary N) is 1. The number of nitrogens with one attached hydrogen (secondary N) is 1. The Balaban J connectivity index is 2.35. The van der Waals surface area contributed by atoms with Crippen molar-refractivity contribution in [2.75, 3.05) is 5.32 Å². The first-order valence-corrected chi connectivity index (χ1v) is 6.45.